The molecule has 3 nitrogen and oxygen atoms in total. The van der Waals surface area contributed by atoms with E-state index < -0.39 is 10.0 Å². The molecule has 0 heterocycles. The van der Waals surface area contributed by atoms with Gasteiger partial charge in [-0.1, -0.05) is 72.3 Å². The van der Waals surface area contributed by atoms with Crippen molar-refractivity contribution in [1.29, 1.82) is 0 Å². The molecule has 0 spiro atoms. The Kier molecular flexibility index (Phi) is 5.29. The third kappa shape index (κ3) is 3.85. The molecular weight excluding hydrogens is 378 g/mol. The minimum atomic E-state index is -3.65. The molecule has 0 aromatic heterocycles. The van der Waals surface area contributed by atoms with E-state index in [1.165, 1.54) is 15.4 Å². The van der Waals surface area contributed by atoms with E-state index in [1.54, 1.807) is 24.4 Å². The maximum absolute atomic E-state index is 13.3. The number of benzene rings is 2. The van der Waals surface area contributed by atoms with Gasteiger partial charge in [-0.3, -0.25) is 4.31 Å². The highest BCUT2D eigenvalue weighted by Crippen LogP contribution is 2.44. The van der Waals surface area contributed by atoms with E-state index in [-0.39, 0.29) is 12.5 Å². The van der Waals surface area contributed by atoms with Crippen molar-refractivity contribution in [3.8, 4) is 0 Å². The molecule has 0 radical (unpaired) electrons. The summed E-state index contributed by atoms with van der Waals surface area (Å²) >= 11 is 0. The molecule has 4 rings (SSSR count). The Labute approximate surface area is 173 Å². The zero-order chi connectivity index (χ0) is 20.4. The van der Waals surface area contributed by atoms with Gasteiger partial charge in [0.05, 0.1) is 11.4 Å². The van der Waals surface area contributed by atoms with Gasteiger partial charge in [0.15, 0.2) is 0 Å². The first kappa shape index (κ1) is 19.5. The molecule has 2 aliphatic rings. The molecule has 0 N–H and O–H groups in total. The third-order valence-electron chi connectivity index (χ3n) is 5.57. The summed E-state index contributed by atoms with van der Waals surface area (Å²) in [6.45, 7) is 5.94. The minimum Gasteiger partial charge on any atom is -0.269 e. The molecule has 0 fully saturated rings. The van der Waals surface area contributed by atoms with Gasteiger partial charge in [-0.25, -0.2) is 8.42 Å². The lowest BCUT2D eigenvalue weighted by Crippen LogP contribution is -2.27. The second kappa shape index (κ2) is 7.88. The molecule has 2 bridgehead atoms. The zero-order valence-electron chi connectivity index (χ0n) is 16.5. The molecule has 2 atom stereocenters. The number of sulfonamides is 1. The van der Waals surface area contributed by atoms with Crippen molar-refractivity contribution >= 4 is 15.6 Å². The normalized spacial score (nSPS) is 21.8. The number of rotatable bonds is 6. The SMILES string of the molecule is C=CCN(/C=C1/C=C(c2ccccc2)[C@@H]2C=C[C@H]1C2)S(=O)(=O)c1ccc(C)cc1. The lowest BCUT2D eigenvalue weighted by atomic mass is 9.81. The van der Waals surface area contributed by atoms with Gasteiger partial charge >= 0.3 is 0 Å². The molecule has 4 heteroatoms. The van der Waals surface area contributed by atoms with Crippen LogP contribution in [0.15, 0.2) is 102 Å². The number of hydrogen-bond acceptors (Lipinski definition) is 2. The Morgan fingerprint density at radius 3 is 2.41 bits per heavy atom. The van der Waals surface area contributed by atoms with Crippen LogP contribution < -0.4 is 0 Å². The molecule has 0 saturated heterocycles. The van der Waals surface area contributed by atoms with Gasteiger partial charge in [0.1, 0.15) is 0 Å². The van der Waals surface area contributed by atoms with Gasteiger partial charge < -0.3 is 0 Å². The minimum absolute atomic E-state index is 0.230. The highest BCUT2D eigenvalue weighted by molar-refractivity contribution is 7.89. The number of allylic oxidation sites excluding steroid dienone is 5. The van der Waals surface area contributed by atoms with Crippen LogP contribution in [-0.2, 0) is 10.0 Å². The summed E-state index contributed by atoms with van der Waals surface area (Å²) in [6.07, 6.45) is 11.0. The van der Waals surface area contributed by atoms with E-state index >= 15 is 0 Å². The van der Waals surface area contributed by atoms with Crippen LogP contribution >= 0.6 is 0 Å². The fourth-order valence-corrected chi connectivity index (χ4v) is 5.30. The summed E-state index contributed by atoms with van der Waals surface area (Å²) in [6, 6.07) is 17.3. The molecule has 2 aliphatic carbocycles. The van der Waals surface area contributed by atoms with Crippen molar-refractivity contribution in [1.82, 2.24) is 4.31 Å². The Morgan fingerprint density at radius 1 is 1.03 bits per heavy atom. The molecule has 0 saturated carbocycles. The van der Waals surface area contributed by atoms with Crippen LogP contribution in [0, 0.1) is 18.8 Å². The molecule has 0 aliphatic heterocycles. The topological polar surface area (TPSA) is 37.4 Å². The van der Waals surface area contributed by atoms with Crippen molar-refractivity contribution < 1.29 is 8.42 Å². The average molecular weight is 404 g/mol. The van der Waals surface area contributed by atoms with Gasteiger partial charge in [-0.15, -0.1) is 6.58 Å². The van der Waals surface area contributed by atoms with Gasteiger partial charge in [-0.05, 0) is 42.2 Å². The predicted molar refractivity (Wildman–Crippen MR) is 119 cm³/mol. The lowest BCUT2D eigenvalue weighted by molar-refractivity contribution is 0.516. The first-order valence-electron chi connectivity index (χ1n) is 9.85. The summed E-state index contributed by atoms with van der Waals surface area (Å²) in [4.78, 5) is 0.296. The van der Waals surface area contributed by atoms with Crippen LogP contribution in [0.1, 0.15) is 17.5 Å². The van der Waals surface area contributed by atoms with Crippen molar-refractivity contribution in [2.24, 2.45) is 11.8 Å². The lowest BCUT2D eigenvalue weighted by Gasteiger charge is -2.26. The van der Waals surface area contributed by atoms with Crippen molar-refractivity contribution in [3.05, 3.63) is 108 Å². The molecule has 0 unspecified atom stereocenters. The largest absolute Gasteiger partial charge is 0.269 e. The van der Waals surface area contributed by atoms with E-state index in [0.717, 1.165) is 17.6 Å². The van der Waals surface area contributed by atoms with Crippen LogP contribution in [0.3, 0.4) is 0 Å². The van der Waals surface area contributed by atoms with Gasteiger partial charge in [0.2, 0.25) is 0 Å². The van der Waals surface area contributed by atoms with E-state index in [1.807, 2.05) is 37.3 Å². The van der Waals surface area contributed by atoms with E-state index in [0.29, 0.717) is 10.8 Å². The second-order valence-electron chi connectivity index (χ2n) is 7.60. The second-order valence-corrected chi connectivity index (χ2v) is 9.50. The quantitative estimate of drug-likeness (QED) is 0.610. The molecule has 0 amide bonds. The Morgan fingerprint density at radius 2 is 1.72 bits per heavy atom. The summed E-state index contributed by atoms with van der Waals surface area (Å²) in [5.74, 6) is 0.633. The Bertz CT molecular complexity index is 1090. The number of aryl methyl sites for hydroxylation is 1. The van der Waals surface area contributed by atoms with E-state index in [9.17, 15) is 8.42 Å². The summed E-state index contributed by atoms with van der Waals surface area (Å²) in [5, 5.41) is 0. The Hall–Kier alpha value is -2.85. The molecule has 148 valence electrons. The predicted octanol–water partition coefficient (Wildman–Crippen LogP) is 5.35. The Balaban J connectivity index is 1.75. The molecule has 29 heavy (non-hydrogen) atoms. The van der Waals surface area contributed by atoms with Gasteiger partial charge in [0, 0.05) is 18.0 Å². The van der Waals surface area contributed by atoms with Gasteiger partial charge in [0.25, 0.3) is 10.0 Å². The standard InChI is InChI=1S/C25H25NO2S/c1-3-15-26(29(27,28)24-13-9-19(2)10-14-24)18-23-17-25(20-7-5-4-6-8-20)22-12-11-21(23)16-22/h3-14,17-18,21-22H,1,15-16H2,2H3/b23-18-/t21-,22+/m0/s1. The fourth-order valence-electron chi connectivity index (χ4n) is 3.99. The van der Waals surface area contributed by atoms with Crippen molar-refractivity contribution in [3.63, 3.8) is 0 Å². The van der Waals surface area contributed by atoms with Crippen molar-refractivity contribution in [2.75, 3.05) is 6.54 Å². The van der Waals surface area contributed by atoms with Crippen LogP contribution in [0.2, 0.25) is 0 Å². The monoisotopic (exact) mass is 403 g/mol. The number of fused-ring (bicyclic) bond motifs is 2. The van der Waals surface area contributed by atoms with Gasteiger partial charge in [-0.2, -0.15) is 0 Å². The fraction of sp³-hybridized carbons (Fsp3) is 0.200. The average Bonchev–Trinajstić information content (AvgIpc) is 3.14. The van der Waals surface area contributed by atoms with Crippen LogP contribution in [-0.4, -0.2) is 19.3 Å². The highest BCUT2D eigenvalue weighted by Gasteiger charge is 2.31. The number of hydrogen-bond donors (Lipinski definition) is 0. The molecular formula is C25H25NO2S. The van der Waals surface area contributed by atoms with Crippen molar-refractivity contribution in [2.45, 2.75) is 18.2 Å². The van der Waals surface area contributed by atoms with Crippen LogP contribution in [0.25, 0.3) is 5.57 Å². The van der Waals surface area contributed by atoms with E-state index in [4.69, 9.17) is 0 Å². The molecule has 2 aromatic rings. The highest BCUT2D eigenvalue weighted by atomic mass is 32.2. The maximum atomic E-state index is 13.3. The van der Waals surface area contributed by atoms with E-state index in [2.05, 4.69) is 36.9 Å². The zero-order valence-corrected chi connectivity index (χ0v) is 17.3. The van der Waals surface area contributed by atoms with Crippen LogP contribution in [0.5, 0.6) is 0 Å². The first-order chi connectivity index (χ1) is 14.0. The first-order valence-corrected chi connectivity index (χ1v) is 11.3. The smallest absolute Gasteiger partial charge is 0.264 e. The summed E-state index contributed by atoms with van der Waals surface area (Å²) < 4.78 is 27.9. The summed E-state index contributed by atoms with van der Waals surface area (Å²) in [5.41, 5.74) is 4.48. The molecule has 2 aromatic carbocycles. The number of nitrogens with zero attached hydrogens (tertiary/aromatic N) is 1. The van der Waals surface area contributed by atoms with Crippen LogP contribution in [0.4, 0.5) is 0 Å². The summed E-state index contributed by atoms with van der Waals surface area (Å²) in [7, 11) is -3.65. The third-order valence-corrected chi connectivity index (χ3v) is 7.31. The maximum Gasteiger partial charge on any atom is 0.264 e.